The fourth-order valence-corrected chi connectivity index (χ4v) is 2.80. The Morgan fingerprint density at radius 1 is 1.23 bits per heavy atom. The maximum absolute atomic E-state index is 14.3. The second-order valence-corrected chi connectivity index (χ2v) is 6.00. The van der Waals surface area contributed by atoms with Crippen LogP contribution in [0.1, 0.15) is 33.1 Å². The van der Waals surface area contributed by atoms with Gasteiger partial charge in [0.15, 0.2) is 6.30 Å². The molecule has 0 aromatic heterocycles. The monoisotopic (exact) mass is 309 g/mol. The van der Waals surface area contributed by atoms with E-state index in [9.17, 15) is 4.39 Å². The van der Waals surface area contributed by atoms with Gasteiger partial charge >= 0.3 is 0 Å². The minimum absolute atomic E-state index is 0.0438. The third kappa shape index (κ3) is 4.58. The number of rotatable bonds is 7. The van der Waals surface area contributed by atoms with Gasteiger partial charge in [-0.3, -0.25) is 0 Å². The van der Waals surface area contributed by atoms with Crippen molar-refractivity contribution in [1.29, 1.82) is 0 Å². The average molecular weight is 309 g/mol. The Kier molecular flexibility index (Phi) is 6.46. The van der Waals surface area contributed by atoms with Gasteiger partial charge in [-0.2, -0.15) is 0 Å². The van der Waals surface area contributed by atoms with Gasteiger partial charge in [0.2, 0.25) is 0 Å². The Balaban J connectivity index is 1.88. The van der Waals surface area contributed by atoms with Crippen molar-refractivity contribution in [2.24, 2.45) is 5.73 Å². The van der Waals surface area contributed by atoms with Crippen molar-refractivity contribution >= 4 is 11.4 Å². The number of hydrogen-bond acceptors (Lipinski definition) is 4. The summed E-state index contributed by atoms with van der Waals surface area (Å²) in [5.74, 6) is 0. The van der Waals surface area contributed by atoms with Gasteiger partial charge in [0, 0.05) is 24.5 Å². The van der Waals surface area contributed by atoms with E-state index in [4.69, 9.17) is 10.5 Å². The van der Waals surface area contributed by atoms with Gasteiger partial charge in [-0.15, -0.1) is 0 Å². The Morgan fingerprint density at radius 2 is 1.95 bits per heavy atom. The molecule has 0 bridgehead atoms. The number of unbranched alkanes of at least 4 members (excludes halogenated alkanes) is 2. The van der Waals surface area contributed by atoms with E-state index < -0.39 is 12.4 Å². The van der Waals surface area contributed by atoms with E-state index >= 15 is 0 Å². The molecule has 3 atom stereocenters. The molecule has 0 amide bonds. The highest BCUT2D eigenvalue weighted by Crippen LogP contribution is 2.27. The lowest BCUT2D eigenvalue weighted by atomic mass is 10.1. The highest BCUT2D eigenvalue weighted by atomic mass is 19.1. The summed E-state index contributed by atoms with van der Waals surface area (Å²) in [7, 11) is 0. The number of benzene rings is 1. The van der Waals surface area contributed by atoms with E-state index in [0.717, 1.165) is 43.7 Å². The quantitative estimate of drug-likeness (QED) is 0.600. The molecule has 1 fully saturated rings. The van der Waals surface area contributed by atoms with Crippen molar-refractivity contribution in [2.75, 3.05) is 29.9 Å². The normalized spacial score (nSPS) is 25.3. The van der Waals surface area contributed by atoms with Crippen molar-refractivity contribution in [2.45, 2.75) is 51.6 Å². The summed E-state index contributed by atoms with van der Waals surface area (Å²) >= 11 is 0. The molecule has 3 N–H and O–H groups in total. The summed E-state index contributed by atoms with van der Waals surface area (Å²) < 4.78 is 19.8. The number of morpholine rings is 1. The summed E-state index contributed by atoms with van der Waals surface area (Å²) in [6.45, 7) is 6.04. The summed E-state index contributed by atoms with van der Waals surface area (Å²) in [4.78, 5) is 1.78. The van der Waals surface area contributed by atoms with Gasteiger partial charge in [0.25, 0.3) is 0 Å². The van der Waals surface area contributed by atoms with Gasteiger partial charge in [0.05, 0.1) is 6.10 Å². The Bertz CT molecular complexity index is 440. The first-order valence-electron chi connectivity index (χ1n) is 8.22. The third-order valence-electron chi connectivity index (χ3n) is 3.99. The molecule has 0 spiro atoms. The van der Waals surface area contributed by atoms with E-state index in [1.165, 1.54) is 0 Å². The lowest BCUT2D eigenvalue weighted by Gasteiger charge is -2.39. The SMILES string of the molecule is C[C@H]1CN(c2ccc(NCCCCCN)cc2)C(F)[C@@H](C)O1. The van der Waals surface area contributed by atoms with Crippen molar-refractivity contribution in [3.63, 3.8) is 0 Å². The van der Waals surface area contributed by atoms with Gasteiger partial charge < -0.3 is 20.7 Å². The maximum Gasteiger partial charge on any atom is 0.198 e. The van der Waals surface area contributed by atoms with Crippen LogP contribution in [-0.4, -0.2) is 38.1 Å². The first kappa shape index (κ1) is 17.0. The fraction of sp³-hybridized carbons (Fsp3) is 0.647. The molecule has 5 heteroatoms. The number of nitrogens with zero attached hydrogens (tertiary/aromatic N) is 1. The first-order chi connectivity index (χ1) is 10.6. The number of alkyl halides is 1. The predicted octanol–water partition coefficient (Wildman–Crippen LogP) is 3.14. The van der Waals surface area contributed by atoms with E-state index in [2.05, 4.69) is 5.32 Å². The fourth-order valence-electron chi connectivity index (χ4n) is 2.80. The minimum Gasteiger partial charge on any atom is -0.385 e. The lowest BCUT2D eigenvalue weighted by Crippen LogP contribution is -2.51. The number of halogens is 1. The molecule has 1 unspecified atom stereocenters. The van der Waals surface area contributed by atoms with Crippen LogP contribution >= 0.6 is 0 Å². The average Bonchev–Trinajstić information content (AvgIpc) is 2.51. The topological polar surface area (TPSA) is 50.5 Å². The number of hydrogen-bond donors (Lipinski definition) is 2. The molecule has 1 aliphatic rings. The van der Waals surface area contributed by atoms with E-state index in [1.54, 1.807) is 11.8 Å². The van der Waals surface area contributed by atoms with Crippen LogP contribution in [0.2, 0.25) is 0 Å². The Labute approximate surface area is 132 Å². The highest BCUT2D eigenvalue weighted by molar-refractivity contribution is 5.55. The third-order valence-corrected chi connectivity index (χ3v) is 3.99. The zero-order chi connectivity index (χ0) is 15.9. The van der Waals surface area contributed by atoms with Crippen LogP contribution in [0.3, 0.4) is 0 Å². The molecule has 1 saturated heterocycles. The standard InChI is InChI=1S/C17H28FN3O/c1-13-12-21(17(18)14(2)22-13)16-8-6-15(7-9-16)20-11-5-3-4-10-19/h6-9,13-14,17,20H,3-5,10-12,19H2,1-2H3/t13-,14+,17?/m0/s1. The van der Waals surface area contributed by atoms with Crippen LogP contribution < -0.4 is 16.0 Å². The van der Waals surface area contributed by atoms with Crippen LogP contribution in [0.25, 0.3) is 0 Å². The van der Waals surface area contributed by atoms with Crippen LogP contribution in [-0.2, 0) is 4.74 Å². The molecule has 0 radical (unpaired) electrons. The number of anilines is 2. The van der Waals surface area contributed by atoms with Crippen LogP contribution in [0.4, 0.5) is 15.8 Å². The molecule has 1 heterocycles. The smallest absolute Gasteiger partial charge is 0.198 e. The Morgan fingerprint density at radius 3 is 2.64 bits per heavy atom. The van der Waals surface area contributed by atoms with Crippen molar-refractivity contribution in [1.82, 2.24) is 0 Å². The first-order valence-corrected chi connectivity index (χ1v) is 8.22. The molecule has 2 rings (SSSR count). The molecule has 1 aromatic rings. The Hall–Kier alpha value is -1.33. The number of ether oxygens (including phenoxy) is 1. The van der Waals surface area contributed by atoms with Crippen molar-refractivity contribution in [3.05, 3.63) is 24.3 Å². The summed E-state index contributed by atoms with van der Waals surface area (Å²) in [5, 5.41) is 3.38. The van der Waals surface area contributed by atoms with Crippen LogP contribution in [0, 0.1) is 0 Å². The van der Waals surface area contributed by atoms with Gasteiger partial charge in [-0.05, 0) is 57.5 Å². The maximum atomic E-state index is 14.3. The zero-order valence-corrected chi connectivity index (χ0v) is 13.6. The molecule has 124 valence electrons. The molecule has 0 aliphatic carbocycles. The number of nitrogens with two attached hydrogens (primary N) is 1. The van der Waals surface area contributed by atoms with Crippen LogP contribution in [0.15, 0.2) is 24.3 Å². The van der Waals surface area contributed by atoms with E-state index in [1.807, 2.05) is 31.2 Å². The zero-order valence-electron chi connectivity index (χ0n) is 13.6. The summed E-state index contributed by atoms with van der Waals surface area (Å²) in [5.41, 5.74) is 7.45. The lowest BCUT2D eigenvalue weighted by molar-refractivity contribution is -0.0614. The van der Waals surface area contributed by atoms with E-state index in [0.29, 0.717) is 6.54 Å². The van der Waals surface area contributed by atoms with Crippen molar-refractivity contribution in [3.8, 4) is 0 Å². The second kappa shape index (κ2) is 8.34. The largest absolute Gasteiger partial charge is 0.385 e. The molecular weight excluding hydrogens is 281 g/mol. The van der Waals surface area contributed by atoms with Crippen LogP contribution in [0.5, 0.6) is 0 Å². The molecule has 4 nitrogen and oxygen atoms in total. The minimum atomic E-state index is -1.09. The molecule has 1 aromatic carbocycles. The molecule has 1 aliphatic heterocycles. The highest BCUT2D eigenvalue weighted by Gasteiger charge is 2.32. The van der Waals surface area contributed by atoms with Gasteiger partial charge in [-0.25, -0.2) is 4.39 Å². The van der Waals surface area contributed by atoms with Gasteiger partial charge in [-0.1, -0.05) is 6.42 Å². The molecule has 22 heavy (non-hydrogen) atoms. The molecular formula is C17H28FN3O. The molecule has 0 saturated carbocycles. The second-order valence-electron chi connectivity index (χ2n) is 6.00. The van der Waals surface area contributed by atoms with Crippen molar-refractivity contribution < 1.29 is 9.13 Å². The van der Waals surface area contributed by atoms with Gasteiger partial charge in [0.1, 0.15) is 6.10 Å². The predicted molar refractivity (Wildman–Crippen MR) is 90.1 cm³/mol. The van der Waals surface area contributed by atoms with E-state index in [-0.39, 0.29) is 6.10 Å². The summed E-state index contributed by atoms with van der Waals surface area (Å²) in [6.07, 6.45) is 1.89. The number of nitrogens with one attached hydrogen (secondary N) is 1. The summed E-state index contributed by atoms with van der Waals surface area (Å²) in [6, 6.07) is 7.96.